The minimum Gasteiger partial charge on any atom is -0.481 e. The average molecular weight is 904 g/mol. The third-order valence-corrected chi connectivity index (χ3v) is 14.6. The number of aliphatic carboxylic acids is 1. The van der Waals surface area contributed by atoms with E-state index in [0.717, 1.165) is 64.0 Å². The van der Waals surface area contributed by atoms with Gasteiger partial charge in [0.2, 0.25) is 0 Å². The molecule has 2 N–H and O–H groups in total. The number of carbonyl (C=O) groups is 2. The Morgan fingerprint density at radius 1 is 0.621 bits per heavy atom. The summed E-state index contributed by atoms with van der Waals surface area (Å²) in [7, 11) is 0. The summed E-state index contributed by atoms with van der Waals surface area (Å²) < 4.78 is 6.52. The maximum Gasteiger partial charge on any atom is 0.312 e. The van der Waals surface area contributed by atoms with Gasteiger partial charge in [-0.15, -0.1) is 0 Å². The van der Waals surface area contributed by atoms with Gasteiger partial charge in [-0.25, -0.2) is 0 Å². The second-order valence-corrected chi connectivity index (χ2v) is 22.6. The molecule has 5 rings (SSSR count). The van der Waals surface area contributed by atoms with Crippen molar-refractivity contribution in [2.75, 3.05) is 41.3 Å². The van der Waals surface area contributed by atoms with Gasteiger partial charge in [-0.05, 0) is 149 Å². The van der Waals surface area contributed by atoms with Gasteiger partial charge in [0.1, 0.15) is 6.10 Å². The van der Waals surface area contributed by atoms with E-state index in [9.17, 15) is 9.59 Å². The van der Waals surface area contributed by atoms with Crippen LogP contribution in [0, 0.1) is 33.5 Å². The number of benzene rings is 4. The Bertz CT molecular complexity index is 2080. The molecule has 66 heavy (non-hydrogen) atoms. The molecule has 4 aromatic rings. The third-order valence-electron chi connectivity index (χ3n) is 14.6. The van der Waals surface area contributed by atoms with Crippen molar-refractivity contribution in [3.05, 3.63) is 102 Å². The first-order chi connectivity index (χ1) is 30.9. The highest BCUT2D eigenvalue weighted by Crippen LogP contribution is 2.44. The fourth-order valence-electron chi connectivity index (χ4n) is 10.3. The molecule has 4 unspecified atom stereocenters. The fourth-order valence-corrected chi connectivity index (χ4v) is 10.3. The van der Waals surface area contributed by atoms with Gasteiger partial charge in [-0.2, -0.15) is 0 Å². The van der Waals surface area contributed by atoms with Gasteiger partial charge in [-0.1, -0.05) is 130 Å². The predicted octanol–water partition coefficient (Wildman–Crippen LogP) is 15.2. The zero-order valence-corrected chi connectivity index (χ0v) is 44.1. The molecule has 0 amide bonds. The van der Waals surface area contributed by atoms with E-state index < -0.39 is 16.8 Å². The molecular weight excluding hydrogens is 815 g/mol. The van der Waals surface area contributed by atoms with Crippen LogP contribution in [-0.2, 0) is 14.3 Å². The van der Waals surface area contributed by atoms with Crippen LogP contribution in [0.4, 0.5) is 17.1 Å². The zero-order chi connectivity index (χ0) is 49.2. The first kappa shape index (κ1) is 54.1. The maximum absolute atomic E-state index is 14.0. The van der Waals surface area contributed by atoms with Gasteiger partial charge in [0.15, 0.2) is 0 Å². The molecule has 0 bridgehead atoms. The number of rotatable bonds is 18. The summed E-state index contributed by atoms with van der Waals surface area (Å²) in [4.78, 5) is 29.9. The van der Waals surface area contributed by atoms with E-state index in [1.807, 2.05) is 20.8 Å². The summed E-state index contributed by atoms with van der Waals surface area (Å²) >= 11 is 0. The summed E-state index contributed by atoms with van der Waals surface area (Å²) in [5.41, 5.74) is 6.44. The Morgan fingerprint density at radius 2 is 1.06 bits per heavy atom. The van der Waals surface area contributed by atoms with E-state index in [-0.39, 0.29) is 46.7 Å². The van der Waals surface area contributed by atoms with Gasteiger partial charge >= 0.3 is 11.9 Å². The number of carboxylic acids is 1. The Labute approximate surface area is 401 Å². The second-order valence-electron chi connectivity index (χ2n) is 22.6. The standard InChI is InChI=1S/C48H67N3O2.C11H22O2/c1-11-50(12-2)37-27-23-35(24-28-37)45(36-25-29-38(30-26-36)51(13-3)14-4)41-31-32-42(40-20-16-15-19-39(40)41)49-43-21-17-18-22-44(43)53-46(52)48(10,34(5)6)33-47(7,8)9;1-8(2)11(6,9(12)13)7-10(3,4)5/h15-16,19-20,23-32,34,43-45,49H,11-14,17-18,21-22,33H2,1-10H3;8H,7H2,1-6H3,(H,12,13). The number of nitrogens with one attached hydrogen (secondary N) is 1. The highest BCUT2D eigenvalue weighted by molar-refractivity contribution is 5.97. The van der Waals surface area contributed by atoms with E-state index in [2.05, 4.69) is 190 Å². The first-order valence-electron chi connectivity index (χ1n) is 25.3. The summed E-state index contributed by atoms with van der Waals surface area (Å²) in [6.45, 7) is 37.9. The summed E-state index contributed by atoms with van der Waals surface area (Å²) in [5.74, 6) is -0.314. The smallest absolute Gasteiger partial charge is 0.312 e. The van der Waals surface area contributed by atoms with Crippen LogP contribution in [0.2, 0.25) is 0 Å². The number of anilines is 3. The Hall–Kier alpha value is -4.52. The van der Waals surface area contributed by atoms with E-state index >= 15 is 0 Å². The Balaban J connectivity index is 0.000000636. The van der Waals surface area contributed by atoms with Gasteiger partial charge in [0.05, 0.1) is 16.9 Å². The van der Waals surface area contributed by atoms with Crippen LogP contribution >= 0.6 is 0 Å². The lowest BCUT2D eigenvalue weighted by Crippen LogP contribution is -2.45. The Kier molecular flexibility index (Phi) is 18.8. The van der Waals surface area contributed by atoms with E-state index in [4.69, 9.17) is 9.84 Å². The van der Waals surface area contributed by atoms with Crippen molar-refractivity contribution in [3.8, 4) is 0 Å². The normalized spacial score (nSPS) is 17.4. The first-order valence-corrected chi connectivity index (χ1v) is 25.3. The topological polar surface area (TPSA) is 82.1 Å². The second kappa shape index (κ2) is 23.0. The third kappa shape index (κ3) is 13.6. The molecule has 1 aliphatic carbocycles. The van der Waals surface area contributed by atoms with Crippen LogP contribution in [0.15, 0.2) is 84.9 Å². The van der Waals surface area contributed by atoms with Crippen LogP contribution in [0.1, 0.15) is 172 Å². The maximum atomic E-state index is 14.0. The predicted molar refractivity (Wildman–Crippen MR) is 282 cm³/mol. The molecule has 0 aromatic heterocycles. The Morgan fingerprint density at radius 3 is 1.47 bits per heavy atom. The van der Waals surface area contributed by atoms with Crippen molar-refractivity contribution in [1.82, 2.24) is 0 Å². The van der Waals surface area contributed by atoms with Crippen molar-refractivity contribution in [2.45, 2.75) is 167 Å². The molecular formula is C59H89N3O4. The number of carbonyl (C=O) groups excluding carboxylic acids is 1. The van der Waals surface area contributed by atoms with Crippen LogP contribution in [-0.4, -0.2) is 55.4 Å². The molecule has 1 saturated carbocycles. The number of carboxylic acid groups (broad SMARTS) is 1. The molecule has 364 valence electrons. The minimum absolute atomic E-state index is 0.0293. The molecule has 0 aliphatic heterocycles. The fraction of sp³-hybridized carbons (Fsp3) is 0.593. The quantitative estimate of drug-likeness (QED) is 0.0760. The van der Waals surface area contributed by atoms with Crippen LogP contribution < -0.4 is 15.1 Å². The summed E-state index contributed by atoms with van der Waals surface area (Å²) in [6, 6.07) is 31.9. The largest absolute Gasteiger partial charge is 0.481 e. The molecule has 0 saturated heterocycles. The molecule has 7 heteroatoms. The molecule has 7 nitrogen and oxygen atoms in total. The lowest BCUT2D eigenvalue weighted by molar-refractivity contribution is -0.167. The molecule has 4 aromatic carbocycles. The molecule has 1 aliphatic rings. The van der Waals surface area contributed by atoms with E-state index in [1.165, 1.54) is 38.8 Å². The van der Waals surface area contributed by atoms with Gasteiger partial charge < -0.3 is 25.0 Å². The van der Waals surface area contributed by atoms with Gasteiger partial charge in [0.25, 0.3) is 0 Å². The van der Waals surface area contributed by atoms with Crippen molar-refractivity contribution < 1.29 is 19.4 Å². The molecule has 0 spiro atoms. The highest BCUT2D eigenvalue weighted by atomic mass is 16.5. The number of fused-ring (bicyclic) bond motifs is 1. The number of hydrogen-bond acceptors (Lipinski definition) is 6. The summed E-state index contributed by atoms with van der Waals surface area (Å²) in [6.07, 6.45) is 5.42. The minimum atomic E-state index is -0.683. The van der Waals surface area contributed by atoms with Crippen molar-refractivity contribution in [1.29, 1.82) is 0 Å². The van der Waals surface area contributed by atoms with Gasteiger partial charge in [0, 0.05) is 54.5 Å². The number of esters is 1. The molecule has 0 radical (unpaired) electrons. The van der Waals surface area contributed by atoms with Crippen LogP contribution in [0.5, 0.6) is 0 Å². The SMILES string of the molecule is CC(C)C(C)(CC(C)(C)C)C(=O)O.CCN(CC)c1ccc(C(c2ccc(N(CC)CC)cc2)c2ccc(NC3CCCCC3OC(=O)C(C)(CC(C)(C)C)C(C)C)c3ccccc23)cc1. The van der Waals surface area contributed by atoms with Crippen molar-refractivity contribution in [2.24, 2.45) is 33.5 Å². The average Bonchev–Trinajstić information content (AvgIpc) is 3.25. The monoisotopic (exact) mass is 904 g/mol. The highest BCUT2D eigenvalue weighted by Gasteiger charge is 2.44. The van der Waals surface area contributed by atoms with Crippen LogP contribution in [0.25, 0.3) is 10.8 Å². The lowest BCUT2D eigenvalue weighted by Gasteiger charge is -2.40. The lowest BCUT2D eigenvalue weighted by atomic mass is 9.68. The van der Waals surface area contributed by atoms with Gasteiger partial charge in [-0.3, -0.25) is 9.59 Å². The number of ether oxygens (including phenoxy) is 1. The number of nitrogens with zero attached hydrogens (tertiary/aromatic N) is 2. The van der Waals surface area contributed by atoms with E-state index in [1.54, 1.807) is 0 Å². The molecule has 1 fully saturated rings. The van der Waals surface area contributed by atoms with Crippen LogP contribution in [0.3, 0.4) is 0 Å². The van der Waals surface area contributed by atoms with E-state index in [0.29, 0.717) is 6.42 Å². The number of hydrogen-bond donors (Lipinski definition) is 2. The summed E-state index contributed by atoms with van der Waals surface area (Å²) in [5, 5.41) is 15.5. The molecule has 0 heterocycles. The van der Waals surface area contributed by atoms with Crippen molar-refractivity contribution in [3.63, 3.8) is 0 Å². The zero-order valence-electron chi connectivity index (χ0n) is 44.1. The molecule has 4 atom stereocenters. The van der Waals surface area contributed by atoms with Crippen molar-refractivity contribution >= 4 is 39.8 Å².